The van der Waals surface area contributed by atoms with Crippen LogP contribution in [-0.2, 0) is 7.05 Å². The number of carbonyl (C=O) groups is 1. The third-order valence-corrected chi connectivity index (χ3v) is 4.97. The van der Waals surface area contributed by atoms with Crippen molar-refractivity contribution >= 4 is 5.91 Å². The van der Waals surface area contributed by atoms with Gasteiger partial charge in [0.15, 0.2) is 0 Å². The lowest BCUT2D eigenvalue weighted by atomic mass is 9.60. The van der Waals surface area contributed by atoms with E-state index < -0.39 is 0 Å². The van der Waals surface area contributed by atoms with Gasteiger partial charge in [0.05, 0.1) is 0 Å². The van der Waals surface area contributed by atoms with E-state index >= 15 is 0 Å². The van der Waals surface area contributed by atoms with Crippen molar-refractivity contribution in [3.05, 3.63) is 12.2 Å². The minimum absolute atomic E-state index is 0.0241. The molecule has 0 aromatic carbocycles. The van der Waals surface area contributed by atoms with Crippen molar-refractivity contribution in [2.75, 3.05) is 27.2 Å². The van der Waals surface area contributed by atoms with Crippen LogP contribution in [-0.4, -0.2) is 63.7 Å². The number of nitrogens with zero attached hydrogens (tertiary/aromatic N) is 5. The first-order valence-corrected chi connectivity index (χ1v) is 7.30. The lowest BCUT2D eigenvalue weighted by Gasteiger charge is -2.54. The first kappa shape index (κ1) is 13.5. The predicted molar refractivity (Wildman–Crippen MR) is 75.3 cm³/mol. The Morgan fingerprint density at radius 1 is 1.35 bits per heavy atom. The van der Waals surface area contributed by atoms with E-state index in [0.717, 1.165) is 32.0 Å². The summed E-state index contributed by atoms with van der Waals surface area (Å²) < 4.78 is 1.58. The van der Waals surface area contributed by atoms with Crippen molar-refractivity contribution in [2.45, 2.75) is 31.7 Å². The molecule has 0 N–H and O–H groups in total. The molecule has 0 radical (unpaired) electrons. The average molecular weight is 277 g/mol. The highest BCUT2D eigenvalue weighted by Crippen LogP contribution is 2.50. The van der Waals surface area contributed by atoms with Crippen molar-refractivity contribution in [3.63, 3.8) is 0 Å². The molecular formula is C14H23N5O. The standard InChI is InChI=1S/C14H23N5O/c1-17(2)11-8-14(9-11)4-6-19(7-5-14)13(20)12-15-10-18(3)16-12/h10-11H,4-9H2,1-3H3. The molecule has 1 saturated heterocycles. The van der Waals surface area contributed by atoms with Crippen molar-refractivity contribution in [2.24, 2.45) is 12.5 Å². The Morgan fingerprint density at radius 2 is 2.00 bits per heavy atom. The van der Waals surface area contributed by atoms with Gasteiger partial charge in [-0.05, 0) is 45.2 Å². The first-order valence-electron chi connectivity index (χ1n) is 7.30. The minimum atomic E-state index is -0.0241. The molecule has 0 unspecified atom stereocenters. The van der Waals surface area contributed by atoms with Crippen LogP contribution in [0.15, 0.2) is 6.33 Å². The van der Waals surface area contributed by atoms with E-state index in [9.17, 15) is 4.79 Å². The molecule has 6 heteroatoms. The van der Waals surface area contributed by atoms with Gasteiger partial charge in [0.2, 0.25) is 5.82 Å². The van der Waals surface area contributed by atoms with Crippen LogP contribution in [0.3, 0.4) is 0 Å². The fourth-order valence-corrected chi connectivity index (χ4v) is 3.48. The van der Waals surface area contributed by atoms with E-state index in [1.54, 1.807) is 18.1 Å². The summed E-state index contributed by atoms with van der Waals surface area (Å²) in [4.78, 5) is 20.6. The number of piperidine rings is 1. The van der Waals surface area contributed by atoms with Crippen LogP contribution >= 0.6 is 0 Å². The Hall–Kier alpha value is -1.43. The lowest BCUT2D eigenvalue weighted by Crippen LogP contribution is -2.54. The molecule has 1 saturated carbocycles. The molecule has 1 aliphatic heterocycles. The van der Waals surface area contributed by atoms with Crippen molar-refractivity contribution < 1.29 is 4.79 Å². The molecule has 1 aromatic rings. The molecule has 110 valence electrons. The van der Waals surface area contributed by atoms with Gasteiger partial charge in [-0.1, -0.05) is 0 Å². The molecule has 1 aromatic heterocycles. The zero-order valence-corrected chi connectivity index (χ0v) is 12.5. The van der Waals surface area contributed by atoms with Gasteiger partial charge in [-0.25, -0.2) is 4.98 Å². The smallest absolute Gasteiger partial charge is 0.293 e. The zero-order valence-electron chi connectivity index (χ0n) is 12.5. The molecule has 0 atom stereocenters. The Kier molecular flexibility index (Phi) is 3.28. The second-order valence-electron chi connectivity index (χ2n) is 6.56. The highest BCUT2D eigenvalue weighted by atomic mass is 16.2. The fourth-order valence-electron chi connectivity index (χ4n) is 3.48. The number of hydrogen-bond acceptors (Lipinski definition) is 4. The molecule has 1 aliphatic carbocycles. The van der Waals surface area contributed by atoms with E-state index in [2.05, 4.69) is 29.1 Å². The number of carbonyl (C=O) groups excluding carboxylic acids is 1. The van der Waals surface area contributed by atoms with Crippen LogP contribution in [0.2, 0.25) is 0 Å². The van der Waals surface area contributed by atoms with Gasteiger partial charge in [0.1, 0.15) is 6.33 Å². The quantitative estimate of drug-likeness (QED) is 0.801. The van der Waals surface area contributed by atoms with Gasteiger partial charge in [-0.3, -0.25) is 9.48 Å². The fraction of sp³-hybridized carbons (Fsp3) is 0.786. The third kappa shape index (κ3) is 2.32. The molecule has 2 aliphatic rings. The number of aromatic nitrogens is 3. The first-order chi connectivity index (χ1) is 9.49. The summed E-state index contributed by atoms with van der Waals surface area (Å²) in [5.74, 6) is 0.298. The summed E-state index contributed by atoms with van der Waals surface area (Å²) in [6, 6.07) is 0.731. The third-order valence-electron chi connectivity index (χ3n) is 4.97. The van der Waals surface area contributed by atoms with E-state index in [1.807, 2.05) is 4.90 Å². The maximum absolute atomic E-state index is 12.3. The van der Waals surface area contributed by atoms with Crippen LogP contribution in [0, 0.1) is 5.41 Å². The molecule has 2 fully saturated rings. The number of amides is 1. The Balaban J connectivity index is 1.56. The summed E-state index contributed by atoms with van der Waals surface area (Å²) in [6.07, 6.45) is 6.38. The summed E-state index contributed by atoms with van der Waals surface area (Å²) in [5, 5.41) is 4.10. The van der Waals surface area contributed by atoms with Gasteiger partial charge < -0.3 is 9.80 Å². The van der Waals surface area contributed by atoms with Crippen molar-refractivity contribution in [1.29, 1.82) is 0 Å². The Labute approximate surface area is 119 Å². The highest BCUT2D eigenvalue weighted by molar-refractivity contribution is 5.90. The maximum atomic E-state index is 12.3. The van der Waals surface area contributed by atoms with Crippen molar-refractivity contribution in [1.82, 2.24) is 24.6 Å². The number of aryl methyl sites for hydroxylation is 1. The van der Waals surface area contributed by atoms with E-state index in [0.29, 0.717) is 11.2 Å². The molecular weight excluding hydrogens is 254 g/mol. The lowest BCUT2D eigenvalue weighted by molar-refractivity contribution is -0.0233. The maximum Gasteiger partial charge on any atom is 0.293 e. The number of rotatable bonds is 2. The summed E-state index contributed by atoms with van der Waals surface area (Å²) in [7, 11) is 6.09. The molecule has 0 bridgehead atoms. The zero-order chi connectivity index (χ0) is 14.3. The van der Waals surface area contributed by atoms with E-state index in [1.165, 1.54) is 12.8 Å². The molecule has 6 nitrogen and oxygen atoms in total. The number of hydrogen-bond donors (Lipinski definition) is 0. The summed E-state index contributed by atoms with van der Waals surface area (Å²) in [6.45, 7) is 1.69. The normalized spacial score (nSPS) is 22.3. The monoisotopic (exact) mass is 277 g/mol. The highest BCUT2D eigenvalue weighted by Gasteiger charge is 2.47. The van der Waals surface area contributed by atoms with Crippen LogP contribution < -0.4 is 0 Å². The van der Waals surface area contributed by atoms with Gasteiger partial charge in [0.25, 0.3) is 5.91 Å². The molecule has 2 heterocycles. The van der Waals surface area contributed by atoms with E-state index in [-0.39, 0.29) is 5.91 Å². The molecule has 1 spiro atoms. The minimum Gasteiger partial charge on any atom is -0.336 e. The van der Waals surface area contributed by atoms with Crippen LogP contribution in [0.25, 0.3) is 0 Å². The largest absolute Gasteiger partial charge is 0.336 e. The van der Waals surface area contributed by atoms with Gasteiger partial charge in [-0.15, -0.1) is 5.10 Å². The second-order valence-corrected chi connectivity index (χ2v) is 6.56. The average Bonchev–Trinajstić information content (AvgIpc) is 2.82. The van der Waals surface area contributed by atoms with Crippen LogP contribution in [0.1, 0.15) is 36.3 Å². The van der Waals surface area contributed by atoms with Crippen LogP contribution in [0.5, 0.6) is 0 Å². The Morgan fingerprint density at radius 3 is 2.50 bits per heavy atom. The van der Waals surface area contributed by atoms with E-state index in [4.69, 9.17) is 0 Å². The second kappa shape index (κ2) is 4.84. The predicted octanol–water partition coefficient (Wildman–Crippen LogP) is 0.761. The Bertz CT molecular complexity index is 493. The summed E-state index contributed by atoms with van der Waals surface area (Å²) >= 11 is 0. The SMILES string of the molecule is CN(C)C1CC2(CCN(C(=O)c3ncn(C)n3)CC2)C1. The number of likely N-dealkylation sites (tertiary alicyclic amines) is 1. The van der Waals surface area contributed by atoms with Crippen LogP contribution in [0.4, 0.5) is 0 Å². The van der Waals surface area contributed by atoms with Gasteiger partial charge in [-0.2, -0.15) is 0 Å². The summed E-state index contributed by atoms with van der Waals surface area (Å²) in [5.41, 5.74) is 0.489. The van der Waals surface area contributed by atoms with Crippen molar-refractivity contribution in [3.8, 4) is 0 Å². The topological polar surface area (TPSA) is 54.3 Å². The molecule has 3 rings (SSSR count). The molecule has 20 heavy (non-hydrogen) atoms. The van der Waals surface area contributed by atoms with Gasteiger partial charge >= 0.3 is 0 Å². The van der Waals surface area contributed by atoms with Gasteiger partial charge in [0, 0.05) is 26.2 Å². The molecule has 1 amide bonds.